The normalized spacial score (nSPS) is 28.1. The van der Waals surface area contributed by atoms with Crippen molar-refractivity contribution in [2.45, 2.75) is 45.6 Å². The van der Waals surface area contributed by atoms with Crippen molar-refractivity contribution in [1.29, 1.82) is 0 Å². The third-order valence-electron chi connectivity index (χ3n) is 4.66. The van der Waals surface area contributed by atoms with Gasteiger partial charge in [-0.15, -0.1) is 0 Å². The molecule has 0 amide bonds. The number of rotatable bonds is 4. The quantitative estimate of drug-likeness (QED) is 0.815. The van der Waals surface area contributed by atoms with E-state index in [2.05, 4.69) is 25.7 Å². The van der Waals surface area contributed by atoms with Gasteiger partial charge in [-0.1, -0.05) is 13.8 Å². The van der Waals surface area contributed by atoms with E-state index in [1.54, 1.807) is 0 Å². The Morgan fingerprint density at radius 1 is 1.29 bits per heavy atom. The zero-order chi connectivity index (χ0) is 12.5. The first-order valence-electron chi connectivity index (χ1n) is 7.03. The minimum absolute atomic E-state index is 0.206. The summed E-state index contributed by atoms with van der Waals surface area (Å²) in [5.74, 6) is 0.717. The summed E-state index contributed by atoms with van der Waals surface area (Å²) in [6.07, 6.45) is 3.69. The standard InChI is InChI=1S/C14H28N2O/c1-12(2)8-13(3,9-15)16-10-14(11-16)4-6-17-7-5-14/h12H,4-11,15H2,1-3H3. The molecule has 1 unspecified atom stereocenters. The van der Waals surface area contributed by atoms with Crippen LogP contribution in [0, 0.1) is 11.3 Å². The van der Waals surface area contributed by atoms with Crippen LogP contribution in [0.2, 0.25) is 0 Å². The smallest absolute Gasteiger partial charge is 0.0472 e. The number of nitrogens with zero attached hydrogens (tertiary/aromatic N) is 1. The highest BCUT2D eigenvalue weighted by Crippen LogP contribution is 2.44. The predicted molar refractivity (Wildman–Crippen MR) is 71.0 cm³/mol. The van der Waals surface area contributed by atoms with E-state index in [0.29, 0.717) is 5.41 Å². The Balaban J connectivity index is 1.91. The van der Waals surface area contributed by atoms with Crippen LogP contribution in [-0.2, 0) is 4.74 Å². The Morgan fingerprint density at radius 3 is 2.35 bits per heavy atom. The van der Waals surface area contributed by atoms with Gasteiger partial charge < -0.3 is 10.5 Å². The highest BCUT2D eigenvalue weighted by molar-refractivity contribution is 5.03. The Labute approximate surface area is 106 Å². The Morgan fingerprint density at radius 2 is 1.88 bits per heavy atom. The van der Waals surface area contributed by atoms with Crippen LogP contribution in [0.5, 0.6) is 0 Å². The molecule has 2 fully saturated rings. The van der Waals surface area contributed by atoms with E-state index in [1.165, 1.54) is 32.4 Å². The SMILES string of the molecule is CC(C)CC(C)(CN)N1CC2(CCOCC2)C1. The Bertz CT molecular complexity index is 253. The number of ether oxygens (including phenoxy) is 1. The van der Waals surface area contributed by atoms with E-state index in [1.807, 2.05) is 0 Å². The van der Waals surface area contributed by atoms with Crippen LogP contribution in [0.15, 0.2) is 0 Å². The van der Waals surface area contributed by atoms with Crippen molar-refractivity contribution < 1.29 is 4.74 Å². The summed E-state index contributed by atoms with van der Waals surface area (Å²) in [5, 5.41) is 0. The second-order valence-electron chi connectivity index (χ2n) is 6.77. The topological polar surface area (TPSA) is 38.5 Å². The van der Waals surface area contributed by atoms with Crippen molar-refractivity contribution >= 4 is 0 Å². The minimum Gasteiger partial charge on any atom is -0.381 e. The molecule has 0 saturated carbocycles. The van der Waals surface area contributed by atoms with Crippen molar-refractivity contribution in [3.63, 3.8) is 0 Å². The van der Waals surface area contributed by atoms with E-state index in [-0.39, 0.29) is 5.54 Å². The summed E-state index contributed by atoms with van der Waals surface area (Å²) >= 11 is 0. The maximum Gasteiger partial charge on any atom is 0.0472 e. The first kappa shape index (κ1) is 13.3. The number of hydrogen-bond acceptors (Lipinski definition) is 3. The molecular weight excluding hydrogens is 212 g/mol. The first-order chi connectivity index (χ1) is 8.00. The molecule has 1 spiro atoms. The van der Waals surface area contributed by atoms with Gasteiger partial charge in [0, 0.05) is 43.8 Å². The van der Waals surface area contributed by atoms with Gasteiger partial charge in [-0.05, 0) is 32.1 Å². The van der Waals surface area contributed by atoms with Crippen molar-refractivity contribution in [2.24, 2.45) is 17.1 Å². The second kappa shape index (κ2) is 4.87. The molecule has 2 aliphatic heterocycles. The van der Waals surface area contributed by atoms with Crippen LogP contribution < -0.4 is 5.73 Å². The second-order valence-corrected chi connectivity index (χ2v) is 6.77. The molecule has 0 bridgehead atoms. The van der Waals surface area contributed by atoms with Crippen molar-refractivity contribution in [2.75, 3.05) is 32.8 Å². The summed E-state index contributed by atoms with van der Waals surface area (Å²) in [7, 11) is 0. The van der Waals surface area contributed by atoms with Gasteiger partial charge in [-0.25, -0.2) is 0 Å². The van der Waals surface area contributed by atoms with Gasteiger partial charge in [0.15, 0.2) is 0 Å². The molecule has 100 valence electrons. The number of nitrogens with two attached hydrogens (primary N) is 1. The third kappa shape index (κ3) is 2.67. The van der Waals surface area contributed by atoms with Crippen LogP contribution >= 0.6 is 0 Å². The van der Waals surface area contributed by atoms with Crippen molar-refractivity contribution in [3.05, 3.63) is 0 Å². The molecule has 0 radical (unpaired) electrons. The van der Waals surface area contributed by atoms with Gasteiger partial charge in [-0.2, -0.15) is 0 Å². The molecule has 2 saturated heterocycles. The minimum atomic E-state index is 0.206. The maximum atomic E-state index is 6.02. The molecule has 0 aliphatic carbocycles. The first-order valence-corrected chi connectivity index (χ1v) is 7.03. The van der Waals surface area contributed by atoms with Crippen LogP contribution in [0.4, 0.5) is 0 Å². The lowest BCUT2D eigenvalue weighted by molar-refractivity contribution is -0.123. The highest BCUT2D eigenvalue weighted by Gasteiger charge is 2.49. The summed E-state index contributed by atoms with van der Waals surface area (Å²) in [6.45, 7) is 12.1. The van der Waals surface area contributed by atoms with E-state index < -0.39 is 0 Å². The van der Waals surface area contributed by atoms with Gasteiger partial charge in [0.25, 0.3) is 0 Å². The summed E-state index contributed by atoms with van der Waals surface area (Å²) in [4.78, 5) is 2.61. The summed E-state index contributed by atoms with van der Waals surface area (Å²) in [6, 6.07) is 0. The molecule has 17 heavy (non-hydrogen) atoms. The van der Waals surface area contributed by atoms with E-state index in [9.17, 15) is 0 Å². The molecule has 2 N–H and O–H groups in total. The molecule has 0 aromatic heterocycles. The lowest BCUT2D eigenvalue weighted by atomic mass is 9.70. The molecule has 0 aromatic carbocycles. The average Bonchev–Trinajstić information content (AvgIpc) is 2.26. The third-order valence-corrected chi connectivity index (χ3v) is 4.66. The zero-order valence-electron chi connectivity index (χ0n) is 11.7. The molecule has 2 aliphatic rings. The van der Waals surface area contributed by atoms with Gasteiger partial charge in [0.05, 0.1) is 0 Å². The number of hydrogen-bond donors (Lipinski definition) is 1. The van der Waals surface area contributed by atoms with Gasteiger partial charge in [0.1, 0.15) is 0 Å². The lowest BCUT2D eigenvalue weighted by Crippen LogP contribution is -2.67. The molecule has 2 heterocycles. The van der Waals surface area contributed by atoms with Crippen LogP contribution in [0.1, 0.15) is 40.0 Å². The van der Waals surface area contributed by atoms with E-state index in [0.717, 1.165) is 25.7 Å². The molecular formula is C14H28N2O. The van der Waals surface area contributed by atoms with Gasteiger partial charge in [-0.3, -0.25) is 4.90 Å². The van der Waals surface area contributed by atoms with Crippen LogP contribution in [0.3, 0.4) is 0 Å². The highest BCUT2D eigenvalue weighted by atomic mass is 16.5. The Hall–Kier alpha value is -0.120. The summed E-state index contributed by atoms with van der Waals surface area (Å²) in [5.41, 5.74) is 6.78. The molecule has 0 aromatic rings. The molecule has 2 rings (SSSR count). The lowest BCUT2D eigenvalue weighted by Gasteiger charge is -2.59. The fraction of sp³-hybridized carbons (Fsp3) is 1.00. The number of likely N-dealkylation sites (tertiary alicyclic amines) is 1. The van der Waals surface area contributed by atoms with Crippen LogP contribution in [-0.4, -0.2) is 43.3 Å². The molecule has 1 atom stereocenters. The summed E-state index contributed by atoms with van der Waals surface area (Å²) < 4.78 is 5.47. The van der Waals surface area contributed by atoms with Gasteiger partial charge in [0.2, 0.25) is 0 Å². The molecule has 3 nitrogen and oxygen atoms in total. The fourth-order valence-electron chi connectivity index (χ4n) is 3.49. The van der Waals surface area contributed by atoms with E-state index in [4.69, 9.17) is 10.5 Å². The van der Waals surface area contributed by atoms with Crippen molar-refractivity contribution in [1.82, 2.24) is 4.90 Å². The molecule has 3 heteroatoms. The van der Waals surface area contributed by atoms with Crippen molar-refractivity contribution in [3.8, 4) is 0 Å². The fourth-order valence-corrected chi connectivity index (χ4v) is 3.49. The van der Waals surface area contributed by atoms with Gasteiger partial charge >= 0.3 is 0 Å². The largest absolute Gasteiger partial charge is 0.381 e. The van der Waals surface area contributed by atoms with Crippen LogP contribution in [0.25, 0.3) is 0 Å². The zero-order valence-corrected chi connectivity index (χ0v) is 11.7. The predicted octanol–water partition coefficient (Wildman–Crippen LogP) is 1.86. The Kier molecular flexibility index (Phi) is 3.81. The maximum absolute atomic E-state index is 6.02. The monoisotopic (exact) mass is 240 g/mol. The average molecular weight is 240 g/mol. The van der Waals surface area contributed by atoms with E-state index >= 15 is 0 Å².